The molecule has 1 saturated heterocycles. The van der Waals surface area contributed by atoms with Gasteiger partial charge in [-0.05, 0) is 48.4 Å². The van der Waals surface area contributed by atoms with E-state index in [4.69, 9.17) is 35.3 Å². The van der Waals surface area contributed by atoms with Crippen LogP contribution in [0.4, 0.5) is 10.5 Å². The largest absolute Gasteiger partial charge is 0.489 e. The zero-order valence-corrected chi connectivity index (χ0v) is 24.4. The van der Waals surface area contributed by atoms with E-state index in [1.54, 1.807) is 42.6 Å². The molecule has 6 rings (SSSR count). The van der Waals surface area contributed by atoms with Gasteiger partial charge < -0.3 is 34.3 Å². The number of pyridine rings is 1. The average molecular weight is 605 g/mol. The molecule has 43 heavy (non-hydrogen) atoms. The molecule has 0 unspecified atom stereocenters. The average Bonchev–Trinajstić information content (AvgIpc) is 3.04. The minimum atomic E-state index is -0.336. The Hall–Kier alpha value is -4.25. The number of halogens is 1. The van der Waals surface area contributed by atoms with Crippen LogP contribution in [0.5, 0.6) is 28.7 Å². The van der Waals surface area contributed by atoms with Gasteiger partial charge in [-0.3, -0.25) is 9.88 Å². The van der Waals surface area contributed by atoms with Gasteiger partial charge in [0.15, 0.2) is 11.5 Å². The number of hydrogen-bond acceptors (Lipinski definition) is 8. The van der Waals surface area contributed by atoms with E-state index >= 15 is 0 Å². The number of nitrogens with one attached hydrogen (secondary N) is 2. The molecule has 2 N–H and O–H groups in total. The zero-order chi connectivity index (χ0) is 29.4. The molecule has 0 atom stereocenters. The lowest BCUT2D eigenvalue weighted by atomic mass is 10.1. The van der Waals surface area contributed by atoms with Gasteiger partial charge in [-0.2, -0.15) is 0 Å². The van der Waals surface area contributed by atoms with E-state index in [2.05, 4.69) is 20.5 Å². The van der Waals surface area contributed by atoms with Gasteiger partial charge in [-0.1, -0.05) is 29.8 Å². The van der Waals surface area contributed by atoms with E-state index in [1.807, 2.05) is 24.3 Å². The maximum atomic E-state index is 12.4. The van der Waals surface area contributed by atoms with E-state index in [9.17, 15) is 4.79 Å². The number of fused-ring (bicyclic) bond motifs is 3. The predicted molar refractivity (Wildman–Crippen MR) is 164 cm³/mol. The van der Waals surface area contributed by atoms with Gasteiger partial charge in [0.25, 0.3) is 0 Å². The summed E-state index contributed by atoms with van der Waals surface area (Å²) in [4.78, 5) is 19.3. The van der Waals surface area contributed by atoms with Crippen molar-refractivity contribution in [2.75, 3.05) is 58.0 Å². The van der Waals surface area contributed by atoms with Gasteiger partial charge in [0.2, 0.25) is 5.75 Å². The van der Waals surface area contributed by atoms with Crippen LogP contribution >= 0.6 is 11.6 Å². The number of ether oxygens (including phenoxy) is 5. The van der Waals surface area contributed by atoms with Crippen molar-refractivity contribution in [2.24, 2.45) is 0 Å². The third-order valence-corrected chi connectivity index (χ3v) is 7.53. The standard InChI is InChI=1S/C32H33ClN4O6/c33-25-5-2-1-4-22(25)21-35-32(38)36-23-6-8-24(9-7-23)43-27-10-11-34-26-20-28(30-31(29(26)27)42-19-18-41-30)40-15-3-12-37-13-16-39-17-14-37/h1-2,4-11,20H,3,12-19,21H2,(H2,35,36,38). The van der Waals surface area contributed by atoms with Crippen molar-refractivity contribution in [3.05, 3.63) is 77.4 Å². The second-order valence-electron chi connectivity index (χ2n) is 10.1. The molecule has 3 aromatic carbocycles. The third kappa shape index (κ3) is 7.22. The quantitative estimate of drug-likeness (QED) is 0.217. The molecule has 1 aromatic heterocycles. The molecule has 4 aromatic rings. The first-order valence-corrected chi connectivity index (χ1v) is 14.7. The summed E-state index contributed by atoms with van der Waals surface area (Å²) < 4.78 is 29.9. The van der Waals surface area contributed by atoms with Crippen LogP contribution in [0.1, 0.15) is 12.0 Å². The fraction of sp³-hybridized carbons (Fsp3) is 0.312. The van der Waals surface area contributed by atoms with Crippen LogP contribution in [-0.4, -0.2) is 68.6 Å². The van der Waals surface area contributed by atoms with Crippen molar-refractivity contribution in [3.8, 4) is 28.7 Å². The molecule has 1 fully saturated rings. The van der Waals surface area contributed by atoms with Gasteiger partial charge >= 0.3 is 6.03 Å². The second-order valence-corrected chi connectivity index (χ2v) is 10.5. The third-order valence-electron chi connectivity index (χ3n) is 7.16. The summed E-state index contributed by atoms with van der Waals surface area (Å²) >= 11 is 6.17. The highest BCUT2D eigenvalue weighted by atomic mass is 35.5. The van der Waals surface area contributed by atoms with Gasteiger partial charge in [-0.25, -0.2) is 4.79 Å². The van der Waals surface area contributed by atoms with Crippen LogP contribution in [0.25, 0.3) is 10.9 Å². The highest BCUT2D eigenvalue weighted by Crippen LogP contribution is 2.48. The Kier molecular flexibility index (Phi) is 9.27. The molecular formula is C32H33ClN4O6. The predicted octanol–water partition coefficient (Wildman–Crippen LogP) is 5.87. The van der Waals surface area contributed by atoms with E-state index in [1.165, 1.54) is 0 Å². The Morgan fingerprint density at radius 1 is 0.953 bits per heavy atom. The molecule has 0 saturated carbocycles. The molecule has 224 valence electrons. The maximum Gasteiger partial charge on any atom is 0.319 e. The number of urea groups is 1. The Balaban J connectivity index is 1.11. The summed E-state index contributed by atoms with van der Waals surface area (Å²) in [6, 6.07) is 17.8. The number of benzene rings is 3. The molecule has 11 heteroatoms. The molecule has 0 aliphatic carbocycles. The van der Waals surface area contributed by atoms with Crippen molar-refractivity contribution < 1.29 is 28.5 Å². The van der Waals surface area contributed by atoms with Crippen LogP contribution in [0.3, 0.4) is 0 Å². The van der Waals surface area contributed by atoms with Gasteiger partial charge in [0.1, 0.15) is 24.7 Å². The van der Waals surface area contributed by atoms with E-state index in [-0.39, 0.29) is 6.03 Å². The normalized spacial score (nSPS) is 14.7. The maximum absolute atomic E-state index is 12.4. The lowest BCUT2D eigenvalue weighted by molar-refractivity contribution is 0.0357. The second kappa shape index (κ2) is 13.8. The topological polar surface area (TPSA) is 103 Å². The smallest absolute Gasteiger partial charge is 0.319 e. The van der Waals surface area contributed by atoms with Crippen molar-refractivity contribution in [1.29, 1.82) is 0 Å². The minimum absolute atomic E-state index is 0.319. The highest BCUT2D eigenvalue weighted by molar-refractivity contribution is 6.31. The molecule has 0 radical (unpaired) electrons. The summed E-state index contributed by atoms with van der Waals surface area (Å²) in [5, 5.41) is 6.95. The fourth-order valence-electron chi connectivity index (χ4n) is 4.99. The summed E-state index contributed by atoms with van der Waals surface area (Å²) in [6.07, 6.45) is 2.58. The molecular weight excluding hydrogens is 572 g/mol. The number of amides is 2. The minimum Gasteiger partial charge on any atom is -0.489 e. The van der Waals surface area contributed by atoms with Crippen LogP contribution in [0, 0.1) is 0 Å². The Morgan fingerprint density at radius 2 is 1.74 bits per heavy atom. The molecule has 0 spiro atoms. The van der Waals surface area contributed by atoms with E-state index < -0.39 is 0 Å². The van der Waals surface area contributed by atoms with Crippen molar-refractivity contribution >= 4 is 34.2 Å². The first kappa shape index (κ1) is 28.9. The monoisotopic (exact) mass is 604 g/mol. The van der Waals surface area contributed by atoms with Crippen molar-refractivity contribution in [2.45, 2.75) is 13.0 Å². The van der Waals surface area contributed by atoms with E-state index in [0.29, 0.717) is 76.7 Å². The number of anilines is 1. The number of carbonyl (C=O) groups is 1. The van der Waals surface area contributed by atoms with Crippen LogP contribution in [0.2, 0.25) is 5.02 Å². The Morgan fingerprint density at radius 3 is 2.56 bits per heavy atom. The zero-order valence-electron chi connectivity index (χ0n) is 23.6. The molecule has 0 bridgehead atoms. The lowest BCUT2D eigenvalue weighted by Gasteiger charge is -2.26. The first-order valence-electron chi connectivity index (χ1n) is 14.3. The number of nitrogens with zero attached hydrogens (tertiary/aromatic N) is 2. The van der Waals surface area contributed by atoms with Crippen LogP contribution < -0.4 is 29.6 Å². The molecule has 3 heterocycles. The fourth-order valence-corrected chi connectivity index (χ4v) is 5.19. The summed E-state index contributed by atoms with van der Waals surface area (Å²) in [7, 11) is 0. The molecule has 2 aliphatic rings. The van der Waals surface area contributed by atoms with Crippen molar-refractivity contribution in [3.63, 3.8) is 0 Å². The summed E-state index contributed by atoms with van der Waals surface area (Å²) in [6.45, 7) is 6.13. The lowest BCUT2D eigenvalue weighted by Crippen LogP contribution is -2.37. The SMILES string of the molecule is O=C(NCc1ccccc1Cl)Nc1ccc(Oc2ccnc3cc(OCCCN4CCOCC4)c4c(c23)OCCO4)cc1. The summed E-state index contributed by atoms with van der Waals surface area (Å²) in [5.74, 6) is 2.89. The summed E-state index contributed by atoms with van der Waals surface area (Å²) in [5.41, 5.74) is 2.14. The number of hydrogen-bond donors (Lipinski definition) is 2. The molecule has 2 aliphatic heterocycles. The van der Waals surface area contributed by atoms with Crippen LogP contribution in [-0.2, 0) is 11.3 Å². The Bertz CT molecular complexity index is 1560. The van der Waals surface area contributed by atoms with Gasteiger partial charge in [0.05, 0.1) is 30.7 Å². The highest BCUT2D eigenvalue weighted by Gasteiger charge is 2.25. The number of rotatable bonds is 10. The van der Waals surface area contributed by atoms with E-state index in [0.717, 1.165) is 44.8 Å². The van der Waals surface area contributed by atoms with Gasteiger partial charge in [-0.15, -0.1) is 0 Å². The van der Waals surface area contributed by atoms with Crippen molar-refractivity contribution in [1.82, 2.24) is 15.2 Å². The van der Waals surface area contributed by atoms with Gasteiger partial charge in [0, 0.05) is 49.2 Å². The van der Waals surface area contributed by atoms with Crippen LogP contribution in [0.15, 0.2) is 66.9 Å². The number of morpholine rings is 1. The Labute approximate surface area is 254 Å². The molecule has 10 nitrogen and oxygen atoms in total. The first-order chi connectivity index (χ1) is 21.1. The molecule has 2 amide bonds. The number of carbonyl (C=O) groups excluding carboxylic acids is 1. The number of aromatic nitrogens is 1.